The standard InChI is InChI=1S/C22H25N3O2S/c1-4-14-15(12-23)21(25-16-10-22(2,3)11-17(26)18(14)16)28-19(20(24)27)13-8-6-5-7-9-13/h5-9,14-15,19H,4,10-11H2,1-3H3,(H2,24,27)/t14-,15?,19+/m1/s1. The maximum atomic E-state index is 12.8. The van der Waals surface area contributed by atoms with Gasteiger partial charge in [-0.2, -0.15) is 5.26 Å². The van der Waals surface area contributed by atoms with E-state index in [9.17, 15) is 14.9 Å². The zero-order chi connectivity index (χ0) is 20.5. The molecule has 1 aliphatic carbocycles. The number of hydrogen-bond donors (Lipinski definition) is 1. The molecule has 1 amide bonds. The zero-order valence-corrected chi connectivity index (χ0v) is 17.3. The van der Waals surface area contributed by atoms with Crippen LogP contribution in [0.1, 0.15) is 50.8 Å². The summed E-state index contributed by atoms with van der Waals surface area (Å²) in [6.45, 7) is 6.11. The van der Waals surface area contributed by atoms with Crippen molar-refractivity contribution in [3.63, 3.8) is 0 Å². The van der Waals surface area contributed by atoms with Crippen molar-refractivity contribution in [2.75, 3.05) is 0 Å². The second-order valence-electron chi connectivity index (χ2n) is 8.18. The van der Waals surface area contributed by atoms with Gasteiger partial charge in [0.15, 0.2) is 5.78 Å². The Hall–Kier alpha value is -2.39. The first kappa shape index (κ1) is 20.3. The summed E-state index contributed by atoms with van der Waals surface area (Å²) < 4.78 is 0. The van der Waals surface area contributed by atoms with E-state index in [0.29, 0.717) is 29.9 Å². The van der Waals surface area contributed by atoms with Gasteiger partial charge in [-0.1, -0.05) is 62.9 Å². The Morgan fingerprint density at radius 3 is 2.61 bits per heavy atom. The van der Waals surface area contributed by atoms with Gasteiger partial charge in [0.25, 0.3) is 0 Å². The number of nitrogens with zero attached hydrogens (tertiary/aromatic N) is 2. The van der Waals surface area contributed by atoms with Crippen molar-refractivity contribution in [1.82, 2.24) is 0 Å². The van der Waals surface area contributed by atoms with Crippen molar-refractivity contribution in [1.29, 1.82) is 5.26 Å². The Morgan fingerprint density at radius 2 is 2.04 bits per heavy atom. The minimum Gasteiger partial charge on any atom is -0.368 e. The fourth-order valence-electron chi connectivity index (χ4n) is 4.09. The number of rotatable bonds is 4. The average Bonchev–Trinajstić information content (AvgIpc) is 2.64. The number of ketones is 1. The maximum Gasteiger partial charge on any atom is 0.235 e. The molecular weight excluding hydrogens is 370 g/mol. The van der Waals surface area contributed by atoms with Crippen LogP contribution in [0.15, 0.2) is 46.6 Å². The lowest BCUT2D eigenvalue weighted by atomic mass is 9.69. The Morgan fingerprint density at radius 1 is 1.36 bits per heavy atom. The van der Waals surface area contributed by atoms with Crippen molar-refractivity contribution in [2.45, 2.75) is 45.3 Å². The normalized spacial score (nSPS) is 24.8. The lowest BCUT2D eigenvalue weighted by Crippen LogP contribution is -2.36. The van der Waals surface area contributed by atoms with Gasteiger partial charge in [-0.3, -0.25) is 9.59 Å². The first-order valence-corrected chi connectivity index (χ1v) is 10.4. The summed E-state index contributed by atoms with van der Waals surface area (Å²) in [6, 6.07) is 11.6. The summed E-state index contributed by atoms with van der Waals surface area (Å²) in [5.41, 5.74) is 7.79. The number of primary amides is 1. The van der Waals surface area contributed by atoms with Gasteiger partial charge in [0.1, 0.15) is 11.2 Å². The Kier molecular flexibility index (Phi) is 5.76. The highest BCUT2D eigenvalue weighted by Gasteiger charge is 2.43. The number of allylic oxidation sites excluding steroid dienone is 2. The van der Waals surface area contributed by atoms with Gasteiger partial charge in [-0.25, -0.2) is 4.99 Å². The number of benzene rings is 1. The monoisotopic (exact) mass is 395 g/mol. The molecule has 1 heterocycles. The summed E-state index contributed by atoms with van der Waals surface area (Å²) >= 11 is 1.24. The molecule has 0 fully saturated rings. The van der Waals surface area contributed by atoms with Gasteiger partial charge in [-0.05, 0) is 23.8 Å². The van der Waals surface area contributed by atoms with Crippen LogP contribution >= 0.6 is 11.8 Å². The molecule has 1 aromatic rings. The van der Waals surface area contributed by atoms with E-state index in [0.717, 1.165) is 11.3 Å². The van der Waals surface area contributed by atoms with Crippen LogP contribution < -0.4 is 5.73 Å². The van der Waals surface area contributed by atoms with E-state index in [2.05, 4.69) is 19.9 Å². The van der Waals surface area contributed by atoms with Gasteiger partial charge in [0.05, 0.1) is 11.1 Å². The molecule has 0 aromatic heterocycles. The quantitative estimate of drug-likeness (QED) is 0.827. The summed E-state index contributed by atoms with van der Waals surface area (Å²) in [5, 5.41) is 9.84. The largest absolute Gasteiger partial charge is 0.368 e. The highest BCUT2D eigenvalue weighted by molar-refractivity contribution is 8.14. The third-order valence-corrected chi connectivity index (χ3v) is 6.69. The number of hydrogen-bond acceptors (Lipinski definition) is 5. The molecule has 2 N–H and O–H groups in total. The zero-order valence-electron chi connectivity index (χ0n) is 16.4. The van der Waals surface area contributed by atoms with Crippen molar-refractivity contribution in [2.24, 2.45) is 28.0 Å². The second-order valence-corrected chi connectivity index (χ2v) is 9.31. The molecule has 0 radical (unpaired) electrons. The van der Waals surface area contributed by atoms with E-state index < -0.39 is 17.1 Å². The number of nitriles is 1. The van der Waals surface area contributed by atoms with E-state index in [1.165, 1.54) is 11.8 Å². The lowest BCUT2D eigenvalue weighted by Gasteiger charge is -2.38. The van der Waals surface area contributed by atoms with Gasteiger partial charge < -0.3 is 5.73 Å². The molecule has 0 bridgehead atoms. The van der Waals surface area contributed by atoms with E-state index in [4.69, 9.17) is 10.7 Å². The van der Waals surface area contributed by atoms with Crippen LogP contribution in [-0.2, 0) is 9.59 Å². The molecule has 0 saturated heterocycles. The molecule has 3 rings (SSSR count). The van der Waals surface area contributed by atoms with Crippen LogP contribution in [-0.4, -0.2) is 16.7 Å². The average molecular weight is 396 g/mol. The molecule has 0 spiro atoms. The van der Waals surface area contributed by atoms with Crippen LogP contribution in [0.4, 0.5) is 0 Å². The van der Waals surface area contributed by atoms with Crippen molar-refractivity contribution < 1.29 is 9.59 Å². The first-order chi connectivity index (χ1) is 13.3. The van der Waals surface area contributed by atoms with Crippen molar-refractivity contribution >= 4 is 28.5 Å². The number of Topliss-reactive ketones (excluding diaryl/α,β-unsaturated/α-hetero) is 1. The highest BCUT2D eigenvalue weighted by Crippen LogP contribution is 2.47. The second kappa shape index (κ2) is 7.92. The molecule has 146 valence electrons. The summed E-state index contributed by atoms with van der Waals surface area (Å²) in [4.78, 5) is 29.7. The van der Waals surface area contributed by atoms with Gasteiger partial charge >= 0.3 is 0 Å². The van der Waals surface area contributed by atoms with E-state index in [1.54, 1.807) is 0 Å². The van der Waals surface area contributed by atoms with Crippen LogP contribution in [0.25, 0.3) is 0 Å². The van der Waals surface area contributed by atoms with Crippen LogP contribution in [0.2, 0.25) is 0 Å². The first-order valence-electron chi connectivity index (χ1n) is 9.52. The minimum absolute atomic E-state index is 0.0978. The van der Waals surface area contributed by atoms with Crippen molar-refractivity contribution in [3.05, 3.63) is 47.2 Å². The molecule has 2 aliphatic rings. The van der Waals surface area contributed by atoms with Crippen molar-refractivity contribution in [3.8, 4) is 6.07 Å². The van der Waals surface area contributed by atoms with Crippen LogP contribution in [0.3, 0.4) is 0 Å². The van der Waals surface area contributed by atoms with Crippen LogP contribution in [0.5, 0.6) is 0 Å². The molecule has 3 atom stereocenters. The fraction of sp³-hybridized carbons (Fsp3) is 0.455. The SMILES string of the molecule is CC[C@H]1C2=C(CC(C)(C)CC2=O)N=C(S[C@H](C(N)=O)c2ccccc2)C1C#N. The Labute approximate surface area is 170 Å². The Balaban J connectivity index is 2.04. The maximum absolute atomic E-state index is 12.8. The fourth-order valence-corrected chi connectivity index (χ4v) is 5.26. The summed E-state index contributed by atoms with van der Waals surface area (Å²) in [7, 11) is 0. The topological polar surface area (TPSA) is 96.3 Å². The third kappa shape index (κ3) is 3.90. The number of amides is 1. The predicted octanol–water partition coefficient (Wildman–Crippen LogP) is 4.17. The summed E-state index contributed by atoms with van der Waals surface area (Å²) in [5.74, 6) is -1.10. The number of carbonyl (C=O) groups excluding carboxylic acids is 2. The molecular formula is C22H25N3O2S. The summed E-state index contributed by atoms with van der Waals surface area (Å²) in [6.07, 6.45) is 1.85. The van der Waals surface area contributed by atoms with E-state index in [1.807, 2.05) is 37.3 Å². The van der Waals surface area contributed by atoms with E-state index in [-0.39, 0.29) is 17.1 Å². The highest BCUT2D eigenvalue weighted by atomic mass is 32.2. The molecule has 1 unspecified atom stereocenters. The number of nitrogens with two attached hydrogens (primary N) is 1. The molecule has 28 heavy (non-hydrogen) atoms. The van der Waals surface area contributed by atoms with E-state index >= 15 is 0 Å². The number of thioether (sulfide) groups is 1. The smallest absolute Gasteiger partial charge is 0.235 e. The van der Waals surface area contributed by atoms with Gasteiger partial charge in [-0.15, -0.1) is 0 Å². The molecule has 1 aromatic carbocycles. The molecule has 5 nitrogen and oxygen atoms in total. The van der Waals surface area contributed by atoms with Crippen LogP contribution in [0, 0.1) is 28.6 Å². The van der Waals surface area contributed by atoms with Gasteiger partial charge in [0, 0.05) is 23.6 Å². The molecule has 0 saturated carbocycles. The predicted molar refractivity (Wildman–Crippen MR) is 111 cm³/mol. The minimum atomic E-state index is -0.622. The Bertz CT molecular complexity index is 896. The number of carbonyl (C=O) groups is 2. The van der Waals surface area contributed by atoms with Gasteiger partial charge in [0.2, 0.25) is 5.91 Å². The third-order valence-electron chi connectivity index (χ3n) is 5.36. The molecule has 1 aliphatic heterocycles. The lowest BCUT2D eigenvalue weighted by molar-refractivity contribution is -0.119. The molecule has 6 heteroatoms. The number of aliphatic imine (C=N–C) groups is 1.